The quantitative estimate of drug-likeness (QED) is 0.432. The van der Waals surface area contributed by atoms with Crippen LogP contribution in [0, 0.1) is 17.8 Å². The molecule has 2 unspecified atom stereocenters. The van der Waals surface area contributed by atoms with Gasteiger partial charge in [0.25, 0.3) is 0 Å². The van der Waals surface area contributed by atoms with Crippen LogP contribution < -0.4 is 0 Å². The van der Waals surface area contributed by atoms with E-state index in [1.54, 1.807) is 0 Å². The molecule has 0 heterocycles. The van der Waals surface area contributed by atoms with Crippen molar-refractivity contribution >= 4 is 0 Å². The predicted octanol–water partition coefficient (Wildman–Crippen LogP) is 5.98. The van der Waals surface area contributed by atoms with Crippen LogP contribution in [-0.4, -0.2) is 0 Å². The SMILES string of the molecule is CCCCC1C=CC(CCCC)C1CCCC. The van der Waals surface area contributed by atoms with Crippen molar-refractivity contribution in [1.29, 1.82) is 0 Å². The largest absolute Gasteiger partial charge is 0.0848 e. The molecule has 0 amide bonds. The van der Waals surface area contributed by atoms with Crippen molar-refractivity contribution in [3.05, 3.63) is 12.2 Å². The summed E-state index contributed by atoms with van der Waals surface area (Å²) in [6.07, 6.45) is 17.8. The van der Waals surface area contributed by atoms with Gasteiger partial charge in [-0.05, 0) is 37.0 Å². The van der Waals surface area contributed by atoms with Crippen LogP contribution in [0.15, 0.2) is 12.2 Å². The summed E-state index contributed by atoms with van der Waals surface area (Å²) >= 11 is 0. The summed E-state index contributed by atoms with van der Waals surface area (Å²) in [5, 5.41) is 0. The van der Waals surface area contributed by atoms with E-state index in [9.17, 15) is 0 Å². The standard InChI is InChI=1S/C17H32/c1-4-7-10-15-13-14-16(11-8-5-2)17(15)12-9-6-3/h13-17H,4-12H2,1-3H3. The molecule has 0 heteroatoms. The smallest absolute Gasteiger partial charge is 0.0199 e. The Balaban J connectivity index is 2.44. The molecular weight excluding hydrogens is 204 g/mol. The van der Waals surface area contributed by atoms with Crippen molar-refractivity contribution in [2.24, 2.45) is 17.8 Å². The second-order valence-electron chi connectivity index (χ2n) is 5.80. The summed E-state index contributed by atoms with van der Waals surface area (Å²) in [5.41, 5.74) is 0. The molecule has 0 N–H and O–H groups in total. The minimum Gasteiger partial charge on any atom is -0.0848 e. The first-order valence-corrected chi connectivity index (χ1v) is 8.01. The van der Waals surface area contributed by atoms with Crippen molar-refractivity contribution in [3.63, 3.8) is 0 Å². The molecule has 0 bridgehead atoms. The van der Waals surface area contributed by atoms with E-state index in [0.29, 0.717) is 0 Å². The molecule has 1 aliphatic rings. The second kappa shape index (κ2) is 8.78. The number of hydrogen-bond donors (Lipinski definition) is 0. The van der Waals surface area contributed by atoms with Gasteiger partial charge in [0, 0.05) is 0 Å². The summed E-state index contributed by atoms with van der Waals surface area (Å²) in [4.78, 5) is 0. The van der Waals surface area contributed by atoms with Crippen LogP contribution in [0.25, 0.3) is 0 Å². The predicted molar refractivity (Wildman–Crippen MR) is 78.2 cm³/mol. The second-order valence-corrected chi connectivity index (χ2v) is 5.80. The van der Waals surface area contributed by atoms with Crippen LogP contribution in [-0.2, 0) is 0 Å². The fourth-order valence-corrected chi connectivity index (χ4v) is 3.26. The van der Waals surface area contributed by atoms with E-state index in [4.69, 9.17) is 0 Å². The number of unbranched alkanes of at least 4 members (excludes halogenated alkanes) is 3. The lowest BCUT2D eigenvalue weighted by Crippen LogP contribution is -2.16. The van der Waals surface area contributed by atoms with E-state index in [1.807, 2.05) is 0 Å². The van der Waals surface area contributed by atoms with Gasteiger partial charge in [-0.2, -0.15) is 0 Å². The maximum absolute atomic E-state index is 2.55. The molecule has 2 atom stereocenters. The zero-order valence-electron chi connectivity index (χ0n) is 12.3. The molecule has 100 valence electrons. The Morgan fingerprint density at radius 3 is 1.47 bits per heavy atom. The van der Waals surface area contributed by atoms with E-state index in [2.05, 4.69) is 32.9 Å². The normalized spacial score (nSPS) is 27.8. The highest BCUT2D eigenvalue weighted by Crippen LogP contribution is 2.39. The fourth-order valence-electron chi connectivity index (χ4n) is 3.26. The molecule has 0 fully saturated rings. The summed E-state index contributed by atoms with van der Waals surface area (Å²) in [5.74, 6) is 2.79. The van der Waals surface area contributed by atoms with Crippen LogP contribution in [0.5, 0.6) is 0 Å². The molecule has 0 saturated heterocycles. The molecule has 0 spiro atoms. The highest BCUT2D eigenvalue weighted by molar-refractivity contribution is 5.06. The van der Waals surface area contributed by atoms with Crippen molar-refractivity contribution in [1.82, 2.24) is 0 Å². The van der Waals surface area contributed by atoms with E-state index in [0.717, 1.165) is 17.8 Å². The van der Waals surface area contributed by atoms with Gasteiger partial charge in [-0.15, -0.1) is 0 Å². The molecule has 1 aliphatic carbocycles. The third-order valence-corrected chi connectivity index (χ3v) is 4.38. The van der Waals surface area contributed by atoms with Gasteiger partial charge in [0.05, 0.1) is 0 Å². The molecule has 0 radical (unpaired) electrons. The van der Waals surface area contributed by atoms with Crippen LogP contribution in [0.3, 0.4) is 0 Å². The van der Waals surface area contributed by atoms with E-state index < -0.39 is 0 Å². The Hall–Kier alpha value is -0.260. The molecule has 0 aliphatic heterocycles. The molecule has 0 saturated carbocycles. The van der Waals surface area contributed by atoms with Crippen LogP contribution in [0.4, 0.5) is 0 Å². The van der Waals surface area contributed by atoms with Gasteiger partial charge in [-0.3, -0.25) is 0 Å². The van der Waals surface area contributed by atoms with Crippen LogP contribution in [0.1, 0.15) is 78.6 Å². The van der Waals surface area contributed by atoms with Crippen LogP contribution in [0.2, 0.25) is 0 Å². The molecule has 17 heavy (non-hydrogen) atoms. The third-order valence-electron chi connectivity index (χ3n) is 4.38. The zero-order valence-corrected chi connectivity index (χ0v) is 12.3. The van der Waals surface area contributed by atoms with E-state index in [1.165, 1.54) is 57.8 Å². The molecule has 0 aromatic heterocycles. The van der Waals surface area contributed by atoms with Crippen LogP contribution >= 0.6 is 0 Å². The highest BCUT2D eigenvalue weighted by atomic mass is 14.3. The average Bonchev–Trinajstić information content (AvgIpc) is 2.73. The summed E-state index contributed by atoms with van der Waals surface area (Å²) in [6.45, 7) is 6.95. The summed E-state index contributed by atoms with van der Waals surface area (Å²) in [6, 6.07) is 0. The topological polar surface area (TPSA) is 0 Å². The number of hydrogen-bond acceptors (Lipinski definition) is 0. The lowest BCUT2D eigenvalue weighted by Gasteiger charge is -2.25. The van der Waals surface area contributed by atoms with Gasteiger partial charge in [-0.25, -0.2) is 0 Å². The van der Waals surface area contributed by atoms with E-state index in [-0.39, 0.29) is 0 Å². The van der Waals surface area contributed by atoms with E-state index >= 15 is 0 Å². The van der Waals surface area contributed by atoms with Gasteiger partial charge in [0.2, 0.25) is 0 Å². The van der Waals surface area contributed by atoms with Crippen molar-refractivity contribution in [2.45, 2.75) is 78.6 Å². The van der Waals surface area contributed by atoms with Gasteiger partial charge in [-0.1, -0.05) is 71.4 Å². The monoisotopic (exact) mass is 236 g/mol. The maximum Gasteiger partial charge on any atom is -0.0199 e. The Labute approximate surface area is 109 Å². The molecular formula is C17H32. The Kier molecular flexibility index (Phi) is 7.64. The molecule has 1 rings (SSSR count). The summed E-state index contributed by atoms with van der Waals surface area (Å²) < 4.78 is 0. The molecule has 0 aromatic rings. The third kappa shape index (κ3) is 4.85. The molecule has 0 aromatic carbocycles. The minimum absolute atomic E-state index is 0.906. The van der Waals surface area contributed by atoms with Crippen molar-refractivity contribution in [3.8, 4) is 0 Å². The number of rotatable bonds is 9. The summed E-state index contributed by atoms with van der Waals surface area (Å²) in [7, 11) is 0. The Morgan fingerprint density at radius 2 is 1.06 bits per heavy atom. The van der Waals surface area contributed by atoms with Crippen molar-refractivity contribution in [2.75, 3.05) is 0 Å². The average molecular weight is 236 g/mol. The first-order chi connectivity index (χ1) is 8.33. The van der Waals surface area contributed by atoms with Crippen molar-refractivity contribution < 1.29 is 0 Å². The first-order valence-electron chi connectivity index (χ1n) is 8.01. The fraction of sp³-hybridized carbons (Fsp3) is 0.882. The Morgan fingerprint density at radius 1 is 0.647 bits per heavy atom. The lowest BCUT2D eigenvalue weighted by molar-refractivity contribution is 0.274. The molecule has 0 nitrogen and oxygen atoms in total. The zero-order chi connectivity index (χ0) is 12.5. The first kappa shape index (κ1) is 14.8. The number of allylic oxidation sites excluding steroid dienone is 2. The lowest BCUT2D eigenvalue weighted by atomic mass is 9.80. The van der Waals surface area contributed by atoms with Gasteiger partial charge in [0.1, 0.15) is 0 Å². The van der Waals surface area contributed by atoms with Gasteiger partial charge in [0.15, 0.2) is 0 Å². The van der Waals surface area contributed by atoms with Gasteiger partial charge < -0.3 is 0 Å². The van der Waals surface area contributed by atoms with Gasteiger partial charge >= 0.3 is 0 Å². The Bertz CT molecular complexity index is 186. The maximum atomic E-state index is 2.55. The highest BCUT2D eigenvalue weighted by Gasteiger charge is 2.29. The minimum atomic E-state index is 0.906.